The molecule has 2 unspecified atom stereocenters. The highest BCUT2D eigenvalue weighted by Gasteiger charge is 2.45. The highest BCUT2D eigenvalue weighted by atomic mass is 32.2. The van der Waals surface area contributed by atoms with Gasteiger partial charge in [0.1, 0.15) is 0 Å². The number of carbonyl (C=O) groups excluding carboxylic acids is 3. The average molecular weight is 437 g/mol. The van der Waals surface area contributed by atoms with Gasteiger partial charge in [-0.1, -0.05) is 12.1 Å². The molecule has 2 aliphatic rings. The zero-order chi connectivity index (χ0) is 22.2. The van der Waals surface area contributed by atoms with Gasteiger partial charge in [0, 0.05) is 12.3 Å². The number of allylic oxidation sites excluding steroid dienone is 1. The molecule has 4 N–H and O–H groups in total. The van der Waals surface area contributed by atoms with E-state index in [9.17, 15) is 27.4 Å². The molecule has 3 rings (SSSR count). The Bertz CT molecular complexity index is 1090. The number of hydrogen-bond donors (Lipinski definition) is 3. The number of fused-ring (bicyclic) bond motifs is 2. The van der Waals surface area contributed by atoms with E-state index in [-0.39, 0.29) is 23.4 Å². The van der Waals surface area contributed by atoms with Gasteiger partial charge in [0.2, 0.25) is 5.91 Å². The summed E-state index contributed by atoms with van der Waals surface area (Å²) >= 11 is 0. The Balaban J connectivity index is 2.15. The number of methoxy groups -OCH3 is 1. The van der Waals surface area contributed by atoms with Crippen LogP contribution in [0.4, 0.5) is 10.5 Å². The van der Waals surface area contributed by atoms with Crippen LogP contribution in [-0.2, 0) is 19.6 Å². The van der Waals surface area contributed by atoms with E-state index in [1.807, 2.05) is 0 Å². The van der Waals surface area contributed by atoms with Crippen molar-refractivity contribution in [2.24, 2.45) is 5.73 Å². The van der Waals surface area contributed by atoms with Crippen LogP contribution in [0.3, 0.4) is 0 Å². The van der Waals surface area contributed by atoms with Crippen molar-refractivity contribution in [3.63, 3.8) is 0 Å². The maximum Gasteiger partial charge on any atom is 0.513 e. The lowest BCUT2D eigenvalue weighted by Gasteiger charge is -2.26. The quantitative estimate of drug-likeness (QED) is 0.269. The van der Waals surface area contributed by atoms with E-state index >= 15 is 0 Å². The Hall–Kier alpha value is -3.38. The second kappa shape index (κ2) is 7.80. The number of anilines is 1. The van der Waals surface area contributed by atoms with E-state index in [2.05, 4.69) is 10.1 Å². The van der Waals surface area contributed by atoms with Gasteiger partial charge >= 0.3 is 6.16 Å². The molecule has 0 aliphatic carbocycles. The minimum atomic E-state index is -4.71. The molecule has 0 bridgehead atoms. The summed E-state index contributed by atoms with van der Waals surface area (Å²) in [5.74, 6) is -1.40. The molecular formula is C18H19N3O8S. The van der Waals surface area contributed by atoms with Gasteiger partial charge in [-0.3, -0.25) is 14.1 Å². The zero-order valence-electron chi connectivity index (χ0n) is 16.0. The van der Waals surface area contributed by atoms with Crippen LogP contribution in [0.1, 0.15) is 22.3 Å². The van der Waals surface area contributed by atoms with E-state index in [1.54, 1.807) is 6.92 Å². The summed E-state index contributed by atoms with van der Waals surface area (Å²) in [7, 11) is -3.62. The molecule has 0 saturated heterocycles. The smallest absolute Gasteiger partial charge is 0.437 e. The van der Waals surface area contributed by atoms with Gasteiger partial charge in [0.25, 0.3) is 16.0 Å². The Morgan fingerprint density at radius 1 is 1.37 bits per heavy atom. The molecule has 0 aromatic heterocycles. The summed E-state index contributed by atoms with van der Waals surface area (Å²) in [6.07, 6.45) is 2.79. The van der Waals surface area contributed by atoms with E-state index in [1.165, 1.54) is 24.4 Å². The van der Waals surface area contributed by atoms with Gasteiger partial charge in [-0.2, -0.15) is 8.42 Å². The van der Waals surface area contributed by atoms with Gasteiger partial charge in [-0.15, -0.1) is 0 Å². The number of nitrogens with two attached hydrogens (primary N) is 1. The lowest BCUT2D eigenvalue weighted by Crippen LogP contribution is -2.46. The van der Waals surface area contributed by atoms with Gasteiger partial charge in [0.05, 0.1) is 24.4 Å². The Labute approximate surface area is 171 Å². The highest BCUT2D eigenvalue weighted by molar-refractivity contribution is 7.86. The molecule has 2 heterocycles. The molecule has 2 aliphatic heterocycles. The Morgan fingerprint density at radius 3 is 2.67 bits per heavy atom. The van der Waals surface area contributed by atoms with E-state index in [4.69, 9.17) is 10.5 Å². The van der Waals surface area contributed by atoms with Gasteiger partial charge < -0.3 is 25.4 Å². The van der Waals surface area contributed by atoms with Crippen molar-refractivity contribution in [3.05, 3.63) is 47.2 Å². The molecule has 12 heteroatoms. The second-order valence-electron chi connectivity index (χ2n) is 6.69. The summed E-state index contributed by atoms with van der Waals surface area (Å²) < 4.78 is 43.7. The third-order valence-electron chi connectivity index (χ3n) is 4.70. The number of benzene rings is 1. The Kier molecular flexibility index (Phi) is 5.55. The molecule has 30 heavy (non-hydrogen) atoms. The predicted octanol–water partition coefficient (Wildman–Crippen LogP) is 0.920. The summed E-state index contributed by atoms with van der Waals surface area (Å²) in [6, 6.07) is 1.94. The van der Waals surface area contributed by atoms with Crippen molar-refractivity contribution >= 4 is 33.8 Å². The SMILES string of the molecule is COC(=O)Oc1c(C)ccc2c1NC(S(=O)(=O)O)C1CC(/C=C/C(N)=O)=CN1C2=O. The van der Waals surface area contributed by atoms with E-state index in [0.717, 1.165) is 18.1 Å². The van der Waals surface area contributed by atoms with Crippen LogP contribution in [0.25, 0.3) is 0 Å². The van der Waals surface area contributed by atoms with Crippen molar-refractivity contribution < 1.29 is 36.8 Å². The minimum Gasteiger partial charge on any atom is -0.437 e. The fourth-order valence-corrected chi connectivity index (χ4v) is 4.24. The molecule has 0 radical (unpaired) electrons. The van der Waals surface area contributed by atoms with Gasteiger partial charge in [-0.25, -0.2) is 4.79 Å². The fourth-order valence-electron chi connectivity index (χ4n) is 3.34. The molecule has 11 nitrogen and oxygen atoms in total. The highest BCUT2D eigenvalue weighted by Crippen LogP contribution is 2.40. The first-order valence-corrected chi connectivity index (χ1v) is 10.2. The normalized spacial score (nSPS) is 20.7. The van der Waals surface area contributed by atoms with E-state index < -0.39 is 39.5 Å². The van der Waals surface area contributed by atoms with Crippen molar-refractivity contribution in [1.82, 2.24) is 4.90 Å². The topological polar surface area (TPSA) is 165 Å². The molecular weight excluding hydrogens is 418 g/mol. The monoisotopic (exact) mass is 437 g/mol. The molecule has 2 amide bonds. The van der Waals surface area contributed by atoms with Crippen LogP contribution in [-0.4, -0.2) is 54.4 Å². The Morgan fingerprint density at radius 2 is 2.07 bits per heavy atom. The fraction of sp³-hybridized carbons (Fsp3) is 0.278. The molecule has 1 aromatic rings. The van der Waals surface area contributed by atoms with Gasteiger partial charge in [0.15, 0.2) is 11.1 Å². The minimum absolute atomic E-state index is 0.0204. The van der Waals surface area contributed by atoms with Crippen molar-refractivity contribution in [3.8, 4) is 5.75 Å². The zero-order valence-corrected chi connectivity index (χ0v) is 16.8. The van der Waals surface area contributed by atoms with Crippen LogP contribution in [0.15, 0.2) is 36.1 Å². The molecule has 0 fully saturated rings. The number of carbonyl (C=O) groups is 3. The third kappa shape index (κ3) is 4.00. The largest absolute Gasteiger partial charge is 0.513 e. The maximum atomic E-state index is 13.2. The summed E-state index contributed by atoms with van der Waals surface area (Å²) in [4.78, 5) is 36.9. The lowest BCUT2D eigenvalue weighted by molar-refractivity contribution is -0.113. The molecule has 0 spiro atoms. The first kappa shape index (κ1) is 21.3. The first-order valence-electron chi connectivity index (χ1n) is 8.66. The standard InChI is InChI=1S/C18H19N3O8S/c1-9-3-5-11-14(15(9)29-18(24)28-2)20-16(30(25,26)27)12-7-10(4-6-13(19)22)8-21(12)17(11)23/h3-6,8,12,16,20H,7H2,1-2H3,(H2,19,22)(H,25,26,27)/b6-4+. The first-order chi connectivity index (χ1) is 14.0. The second-order valence-corrected chi connectivity index (χ2v) is 8.23. The average Bonchev–Trinajstić information content (AvgIpc) is 3.04. The van der Waals surface area contributed by atoms with Crippen molar-refractivity contribution in [2.45, 2.75) is 24.8 Å². The predicted molar refractivity (Wildman–Crippen MR) is 104 cm³/mol. The molecule has 2 atom stereocenters. The van der Waals surface area contributed by atoms with Gasteiger partial charge in [-0.05, 0) is 30.5 Å². The number of primary amides is 1. The number of amides is 2. The van der Waals surface area contributed by atoms with Crippen LogP contribution < -0.4 is 15.8 Å². The maximum absolute atomic E-state index is 13.2. The number of hydrogen-bond acceptors (Lipinski definition) is 8. The third-order valence-corrected chi connectivity index (χ3v) is 5.77. The summed E-state index contributed by atoms with van der Waals surface area (Å²) in [5, 5.41) is 1.00. The number of nitrogens with zero attached hydrogens (tertiary/aromatic N) is 1. The molecule has 1 aromatic carbocycles. The lowest BCUT2D eigenvalue weighted by atomic mass is 10.1. The van der Waals surface area contributed by atoms with Crippen LogP contribution in [0, 0.1) is 6.92 Å². The van der Waals surface area contributed by atoms with E-state index in [0.29, 0.717) is 11.1 Å². The summed E-state index contributed by atoms with van der Waals surface area (Å²) in [5.41, 5.74) is 5.92. The van der Waals surface area contributed by atoms with Crippen LogP contribution >= 0.6 is 0 Å². The van der Waals surface area contributed by atoms with Crippen molar-refractivity contribution in [1.29, 1.82) is 0 Å². The summed E-state index contributed by atoms with van der Waals surface area (Å²) in [6.45, 7) is 1.59. The molecule has 0 saturated carbocycles. The van der Waals surface area contributed by atoms with Crippen molar-refractivity contribution in [2.75, 3.05) is 12.4 Å². The number of rotatable bonds is 4. The van der Waals surface area contributed by atoms with Crippen LogP contribution in [0.2, 0.25) is 0 Å². The number of ether oxygens (including phenoxy) is 2. The van der Waals surface area contributed by atoms with Crippen LogP contribution in [0.5, 0.6) is 5.75 Å². The number of nitrogens with one attached hydrogen (secondary N) is 1. The number of aryl methyl sites for hydroxylation is 1. The molecule has 160 valence electrons.